The molecule has 1 aliphatic heterocycles. The molecule has 1 amide bonds. The quantitative estimate of drug-likeness (QED) is 0.607. The fraction of sp³-hybridized carbons (Fsp3) is 0.458. The van der Waals surface area contributed by atoms with E-state index in [4.69, 9.17) is 10.5 Å². The van der Waals surface area contributed by atoms with Crippen molar-refractivity contribution in [3.8, 4) is 0 Å². The molecule has 1 fully saturated rings. The molecule has 0 radical (unpaired) electrons. The van der Waals surface area contributed by atoms with Crippen LogP contribution in [0.4, 0.5) is 0 Å². The third kappa shape index (κ3) is 6.13. The summed E-state index contributed by atoms with van der Waals surface area (Å²) < 4.78 is 5.67. The molecule has 2 aromatic rings. The first-order valence-electron chi connectivity index (χ1n) is 10.6. The second-order valence-corrected chi connectivity index (χ2v) is 7.81. The van der Waals surface area contributed by atoms with E-state index in [1.54, 1.807) is 0 Å². The summed E-state index contributed by atoms with van der Waals surface area (Å²) in [6, 6.07) is 18.6. The van der Waals surface area contributed by atoms with Gasteiger partial charge in [-0.15, -0.1) is 0 Å². The summed E-state index contributed by atoms with van der Waals surface area (Å²) in [5.74, 6) is 0.839. The second-order valence-electron chi connectivity index (χ2n) is 7.81. The van der Waals surface area contributed by atoms with E-state index >= 15 is 0 Å². The molecule has 0 bridgehead atoms. The third-order valence-corrected chi connectivity index (χ3v) is 5.61. The smallest absolute Gasteiger partial charge is 0.234 e. The van der Waals surface area contributed by atoms with Crippen molar-refractivity contribution in [2.24, 2.45) is 11.7 Å². The normalized spacial score (nSPS) is 19.4. The minimum absolute atomic E-state index is 0.0544. The first kappa shape index (κ1) is 21.5. The van der Waals surface area contributed by atoms with E-state index in [-0.39, 0.29) is 5.91 Å². The second kappa shape index (κ2) is 11.1. The summed E-state index contributed by atoms with van der Waals surface area (Å²) in [5, 5.41) is 3.08. The van der Waals surface area contributed by atoms with Crippen molar-refractivity contribution in [1.29, 1.82) is 0 Å². The van der Waals surface area contributed by atoms with Gasteiger partial charge in [-0.1, -0.05) is 61.5 Å². The molecule has 1 aliphatic rings. The number of likely N-dealkylation sites (tertiary alicyclic amines) is 1. The predicted molar refractivity (Wildman–Crippen MR) is 116 cm³/mol. The third-order valence-electron chi connectivity index (χ3n) is 5.61. The Morgan fingerprint density at radius 2 is 1.83 bits per heavy atom. The molecule has 156 valence electrons. The predicted octanol–water partition coefficient (Wildman–Crippen LogP) is 2.90. The SMILES string of the molecule is CCCOCc1ccccc1CNC(=O)CN1C[C@@H](CN)[C@H](c2ccccc2)C1. The van der Waals surface area contributed by atoms with Crippen molar-refractivity contribution in [1.82, 2.24) is 10.2 Å². The van der Waals surface area contributed by atoms with Crippen molar-refractivity contribution in [3.05, 3.63) is 71.3 Å². The molecule has 1 saturated heterocycles. The topological polar surface area (TPSA) is 67.6 Å². The molecule has 5 heteroatoms. The number of ether oxygens (including phenoxy) is 1. The highest BCUT2D eigenvalue weighted by atomic mass is 16.5. The summed E-state index contributed by atoms with van der Waals surface area (Å²) in [7, 11) is 0. The molecule has 2 atom stereocenters. The van der Waals surface area contributed by atoms with Gasteiger partial charge in [-0.2, -0.15) is 0 Å². The minimum atomic E-state index is 0.0544. The highest BCUT2D eigenvalue weighted by Gasteiger charge is 2.33. The molecule has 1 heterocycles. The van der Waals surface area contributed by atoms with E-state index in [9.17, 15) is 4.79 Å². The van der Waals surface area contributed by atoms with Crippen LogP contribution in [0.3, 0.4) is 0 Å². The van der Waals surface area contributed by atoms with Crippen LogP contribution in [-0.2, 0) is 22.7 Å². The number of hydrogen-bond acceptors (Lipinski definition) is 4. The number of nitrogens with one attached hydrogen (secondary N) is 1. The number of carbonyl (C=O) groups is 1. The highest BCUT2D eigenvalue weighted by Crippen LogP contribution is 2.31. The first-order chi connectivity index (χ1) is 14.2. The van der Waals surface area contributed by atoms with Gasteiger partial charge in [-0.25, -0.2) is 0 Å². The average molecular weight is 396 g/mol. The van der Waals surface area contributed by atoms with Crippen LogP contribution in [0.1, 0.15) is 36.0 Å². The maximum atomic E-state index is 12.6. The van der Waals surface area contributed by atoms with Gasteiger partial charge >= 0.3 is 0 Å². The average Bonchev–Trinajstić information content (AvgIpc) is 3.16. The van der Waals surface area contributed by atoms with Gasteiger partial charge in [-0.05, 0) is 35.6 Å². The molecule has 0 spiro atoms. The van der Waals surface area contributed by atoms with Gasteiger partial charge in [0, 0.05) is 32.2 Å². The molecule has 0 aliphatic carbocycles. The molecule has 0 aromatic heterocycles. The van der Waals surface area contributed by atoms with E-state index in [0.717, 1.165) is 37.2 Å². The Morgan fingerprint density at radius 1 is 1.10 bits per heavy atom. The van der Waals surface area contributed by atoms with Crippen LogP contribution in [-0.4, -0.2) is 43.6 Å². The van der Waals surface area contributed by atoms with E-state index in [1.807, 2.05) is 18.2 Å². The van der Waals surface area contributed by atoms with Gasteiger partial charge in [0.05, 0.1) is 13.2 Å². The van der Waals surface area contributed by atoms with E-state index in [1.165, 1.54) is 5.56 Å². The Morgan fingerprint density at radius 3 is 2.55 bits per heavy atom. The molecule has 0 unspecified atom stereocenters. The number of hydrogen-bond donors (Lipinski definition) is 2. The van der Waals surface area contributed by atoms with Gasteiger partial charge < -0.3 is 15.8 Å². The summed E-state index contributed by atoms with van der Waals surface area (Å²) in [6.45, 7) is 6.76. The summed E-state index contributed by atoms with van der Waals surface area (Å²) >= 11 is 0. The summed E-state index contributed by atoms with van der Waals surface area (Å²) in [6.07, 6.45) is 1.00. The molecular formula is C24H33N3O2. The van der Waals surface area contributed by atoms with Crippen LogP contribution >= 0.6 is 0 Å². The minimum Gasteiger partial charge on any atom is -0.377 e. The van der Waals surface area contributed by atoms with Crippen molar-refractivity contribution < 1.29 is 9.53 Å². The van der Waals surface area contributed by atoms with Crippen LogP contribution < -0.4 is 11.1 Å². The van der Waals surface area contributed by atoms with Crippen molar-refractivity contribution in [3.63, 3.8) is 0 Å². The molecule has 3 N–H and O–H groups in total. The van der Waals surface area contributed by atoms with E-state index in [0.29, 0.717) is 38.1 Å². The zero-order valence-electron chi connectivity index (χ0n) is 17.3. The Kier molecular flexibility index (Phi) is 8.23. The van der Waals surface area contributed by atoms with Crippen LogP contribution in [0.25, 0.3) is 0 Å². The van der Waals surface area contributed by atoms with Crippen LogP contribution in [0.2, 0.25) is 0 Å². The fourth-order valence-corrected chi connectivity index (χ4v) is 4.06. The van der Waals surface area contributed by atoms with Gasteiger partial charge in [0.25, 0.3) is 0 Å². The first-order valence-corrected chi connectivity index (χ1v) is 10.6. The molecule has 2 aromatic carbocycles. The zero-order chi connectivity index (χ0) is 20.5. The zero-order valence-corrected chi connectivity index (χ0v) is 17.3. The maximum Gasteiger partial charge on any atom is 0.234 e. The Bertz CT molecular complexity index is 766. The lowest BCUT2D eigenvalue weighted by Crippen LogP contribution is -2.36. The fourth-order valence-electron chi connectivity index (χ4n) is 4.06. The monoisotopic (exact) mass is 395 g/mol. The van der Waals surface area contributed by atoms with Crippen molar-refractivity contribution >= 4 is 5.91 Å². The van der Waals surface area contributed by atoms with Crippen molar-refractivity contribution in [2.75, 3.05) is 32.8 Å². The van der Waals surface area contributed by atoms with Crippen LogP contribution in [0, 0.1) is 5.92 Å². The summed E-state index contributed by atoms with van der Waals surface area (Å²) in [5.41, 5.74) is 9.57. The number of nitrogens with two attached hydrogens (primary N) is 1. The number of carbonyl (C=O) groups excluding carboxylic acids is 1. The number of amides is 1. The van der Waals surface area contributed by atoms with Crippen LogP contribution in [0.5, 0.6) is 0 Å². The molecule has 5 nitrogen and oxygen atoms in total. The standard InChI is InChI=1S/C24H33N3O2/c1-2-12-29-18-21-11-7-6-10-20(21)14-26-24(28)17-27-15-22(13-25)23(16-27)19-8-4-3-5-9-19/h3-11,22-23H,2,12-18,25H2,1H3,(H,26,28)/t22-,23+/m1/s1. The molecule has 0 saturated carbocycles. The van der Waals surface area contributed by atoms with Gasteiger partial charge in [0.15, 0.2) is 0 Å². The molecular weight excluding hydrogens is 362 g/mol. The lowest BCUT2D eigenvalue weighted by atomic mass is 9.89. The van der Waals surface area contributed by atoms with Gasteiger partial charge in [0.2, 0.25) is 5.91 Å². The van der Waals surface area contributed by atoms with E-state index < -0.39 is 0 Å². The maximum absolute atomic E-state index is 12.6. The van der Waals surface area contributed by atoms with Crippen molar-refractivity contribution in [2.45, 2.75) is 32.4 Å². The Labute approximate surface area is 174 Å². The lowest BCUT2D eigenvalue weighted by Gasteiger charge is -2.17. The van der Waals surface area contributed by atoms with Gasteiger partial charge in [0.1, 0.15) is 0 Å². The van der Waals surface area contributed by atoms with Crippen LogP contribution in [0.15, 0.2) is 54.6 Å². The number of rotatable bonds is 10. The largest absolute Gasteiger partial charge is 0.377 e. The number of benzene rings is 2. The Hall–Kier alpha value is -2.21. The lowest BCUT2D eigenvalue weighted by molar-refractivity contribution is -0.122. The van der Waals surface area contributed by atoms with Gasteiger partial charge in [-0.3, -0.25) is 9.69 Å². The highest BCUT2D eigenvalue weighted by molar-refractivity contribution is 5.78. The molecule has 3 rings (SSSR count). The number of nitrogens with zero attached hydrogens (tertiary/aromatic N) is 1. The van der Waals surface area contributed by atoms with E-state index in [2.05, 4.69) is 53.5 Å². The summed E-state index contributed by atoms with van der Waals surface area (Å²) in [4.78, 5) is 14.8. The molecule has 29 heavy (non-hydrogen) atoms. The Balaban J connectivity index is 1.51.